The van der Waals surface area contributed by atoms with Gasteiger partial charge in [-0.2, -0.15) is 0 Å². The molecule has 1 heterocycles. The van der Waals surface area contributed by atoms with Crippen LogP contribution < -0.4 is 5.32 Å². The van der Waals surface area contributed by atoms with Crippen LogP contribution >= 0.6 is 11.6 Å². The van der Waals surface area contributed by atoms with Gasteiger partial charge in [-0.25, -0.2) is 4.98 Å². The minimum absolute atomic E-state index is 0.225. The summed E-state index contributed by atoms with van der Waals surface area (Å²) in [5.41, 5.74) is 1.13. The summed E-state index contributed by atoms with van der Waals surface area (Å²) in [6.07, 6.45) is 3.02. The second-order valence-electron chi connectivity index (χ2n) is 4.95. The average Bonchev–Trinajstić information content (AvgIpc) is 3.18. The summed E-state index contributed by atoms with van der Waals surface area (Å²) in [6.45, 7) is 0.549. The molecule has 5 nitrogen and oxygen atoms in total. The summed E-state index contributed by atoms with van der Waals surface area (Å²) < 4.78 is 0. The number of nitrogens with zero attached hydrogens (tertiary/aromatic N) is 2. The first-order valence-corrected chi connectivity index (χ1v) is 7.05. The lowest BCUT2D eigenvalue weighted by Gasteiger charge is -2.03. The lowest BCUT2D eigenvalue weighted by Crippen LogP contribution is -2.26. The molecule has 1 fully saturated rings. The summed E-state index contributed by atoms with van der Waals surface area (Å²) >= 11 is 5.82. The zero-order valence-corrected chi connectivity index (χ0v) is 11.7. The van der Waals surface area contributed by atoms with E-state index in [4.69, 9.17) is 11.6 Å². The summed E-state index contributed by atoms with van der Waals surface area (Å²) in [4.78, 5) is 16.1. The molecule has 1 saturated carbocycles. The molecule has 1 aliphatic rings. The number of carbonyl (C=O) groups is 1. The van der Waals surface area contributed by atoms with E-state index in [1.165, 1.54) is 0 Å². The topological polar surface area (TPSA) is 70.7 Å². The summed E-state index contributed by atoms with van der Waals surface area (Å²) in [7, 11) is 0. The van der Waals surface area contributed by atoms with Crippen molar-refractivity contribution in [2.45, 2.75) is 25.2 Å². The van der Waals surface area contributed by atoms with Crippen molar-refractivity contribution in [3.8, 4) is 0 Å². The van der Waals surface area contributed by atoms with Crippen LogP contribution in [0.4, 0.5) is 0 Å². The molecule has 1 aromatic carbocycles. The van der Waals surface area contributed by atoms with Crippen LogP contribution in [0.3, 0.4) is 0 Å². The Morgan fingerprint density at radius 3 is 2.80 bits per heavy atom. The fourth-order valence-corrected chi connectivity index (χ4v) is 2.09. The van der Waals surface area contributed by atoms with Crippen LogP contribution in [0.15, 0.2) is 24.3 Å². The third-order valence-electron chi connectivity index (χ3n) is 3.28. The van der Waals surface area contributed by atoms with E-state index < -0.39 is 0 Å². The van der Waals surface area contributed by atoms with Crippen molar-refractivity contribution in [2.24, 2.45) is 0 Å². The summed E-state index contributed by atoms with van der Waals surface area (Å²) in [5.74, 6) is 1.29. The summed E-state index contributed by atoms with van der Waals surface area (Å²) in [6, 6.07) is 7.59. The molecule has 6 heteroatoms. The predicted molar refractivity (Wildman–Crippen MR) is 75.8 cm³/mol. The number of nitrogens with one attached hydrogen (secondary N) is 2. The molecular formula is C14H15ClN4O. The van der Waals surface area contributed by atoms with E-state index in [2.05, 4.69) is 20.5 Å². The highest BCUT2D eigenvalue weighted by Gasteiger charge is 2.28. The van der Waals surface area contributed by atoms with Crippen molar-refractivity contribution < 1.29 is 4.79 Å². The molecule has 0 spiro atoms. The van der Waals surface area contributed by atoms with Crippen LogP contribution in [0.25, 0.3) is 0 Å². The molecule has 0 bridgehead atoms. The number of hydrogen-bond acceptors (Lipinski definition) is 3. The lowest BCUT2D eigenvalue weighted by molar-refractivity contribution is 0.0944. The largest absolute Gasteiger partial charge is 0.349 e. The molecule has 0 atom stereocenters. The first-order valence-electron chi connectivity index (χ1n) is 6.67. The van der Waals surface area contributed by atoms with Crippen LogP contribution in [0.2, 0.25) is 5.02 Å². The Labute approximate surface area is 121 Å². The molecule has 104 valence electrons. The number of benzene rings is 1. The van der Waals surface area contributed by atoms with Gasteiger partial charge >= 0.3 is 0 Å². The summed E-state index contributed by atoms with van der Waals surface area (Å²) in [5, 5.41) is 10.3. The zero-order valence-electron chi connectivity index (χ0n) is 10.9. The maximum atomic E-state index is 11.9. The first kappa shape index (κ1) is 13.1. The number of amides is 1. The van der Waals surface area contributed by atoms with Crippen LogP contribution in [-0.4, -0.2) is 27.6 Å². The van der Waals surface area contributed by atoms with Crippen molar-refractivity contribution in [2.75, 3.05) is 6.54 Å². The fourth-order valence-electron chi connectivity index (χ4n) is 1.97. The van der Waals surface area contributed by atoms with Crippen molar-refractivity contribution in [1.29, 1.82) is 0 Å². The van der Waals surface area contributed by atoms with E-state index in [9.17, 15) is 4.79 Å². The first-order chi connectivity index (χ1) is 9.72. The van der Waals surface area contributed by atoms with Crippen LogP contribution in [0, 0.1) is 0 Å². The van der Waals surface area contributed by atoms with Gasteiger partial charge in [0.2, 0.25) is 5.82 Å². The van der Waals surface area contributed by atoms with Gasteiger partial charge in [-0.1, -0.05) is 23.7 Å². The fraction of sp³-hybridized carbons (Fsp3) is 0.357. The maximum Gasteiger partial charge on any atom is 0.290 e. The van der Waals surface area contributed by atoms with Gasteiger partial charge in [-0.15, -0.1) is 5.10 Å². The maximum absolute atomic E-state index is 11.9. The van der Waals surface area contributed by atoms with Gasteiger partial charge in [-0.05, 0) is 37.0 Å². The van der Waals surface area contributed by atoms with E-state index in [1.54, 1.807) is 0 Å². The van der Waals surface area contributed by atoms with E-state index in [-0.39, 0.29) is 11.7 Å². The monoisotopic (exact) mass is 290 g/mol. The number of H-pyrrole nitrogens is 1. The van der Waals surface area contributed by atoms with E-state index >= 15 is 0 Å². The van der Waals surface area contributed by atoms with Crippen molar-refractivity contribution in [1.82, 2.24) is 20.5 Å². The van der Waals surface area contributed by atoms with Gasteiger partial charge in [0.25, 0.3) is 5.91 Å². The van der Waals surface area contributed by atoms with E-state index in [0.29, 0.717) is 17.5 Å². The van der Waals surface area contributed by atoms with E-state index in [1.807, 2.05) is 24.3 Å². The normalized spacial score (nSPS) is 14.2. The molecule has 0 radical (unpaired) electrons. The Balaban J connectivity index is 1.49. The highest BCUT2D eigenvalue weighted by atomic mass is 35.5. The van der Waals surface area contributed by atoms with Crippen LogP contribution in [-0.2, 0) is 6.42 Å². The molecular weight excluding hydrogens is 276 g/mol. The average molecular weight is 291 g/mol. The molecule has 0 unspecified atom stereocenters. The van der Waals surface area contributed by atoms with Gasteiger partial charge in [0.15, 0.2) is 0 Å². The van der Waals surface area contributed by atoms with Crippen LogP contribution in [0.1, 0.15) is 40.8 Å². The smallest absolute Gasteiger partial charge is 0.290 e. The Hall–Kier alpha value is -1.88. The van der Waals surface area contributed by atoms with Crippen molar-refractivity contribution in [3.05, 3.63) is 46.5 Å². The quantitative estimate of drug-likeness (QED) is 0.888. The zero-order chi connectivity index (χ0) is 13.9. The standard InChI is InChI=1S/C14H15ClN4O/c15-11-5-1-9(2-6-11)7-8-16-14(20)13-17-12(18-19-13)10-3-4-10/h1-2,5-6,10H,3-4,7-8H2,(H,16,20)(H,17,18,19). The minimum atomic E-state index is -0.234. The van der Waals surface area contributed by atoms with Gasteiger partial charge in [-0.3, -0.25) is 9.89 Å². The van der Waals surface area contributed by atoms with Crippen molar-refractivity contribution >= 4 is 17.5 Å². The van der Waals surface area contributed by atoms with Gasteiger partial charge in [0.05, 0.1) is 0 Å². The Bertz CT molecular complexity index is 604. The third kappa shape index (κ3) is 3.17. The molecule has 2 N–H and O–H groups in total. The van der Waals surface area contributed by atoms with E-state index in [0.717, 1.165) is 30.7 Å². The Morgan fingerprint density at radius 1 is 1.35 bits per heavy atom. The number of rotatable bonds is 5. The number of aromatic nitrogens is 3. The van der Waals surface area contributed by atoms with Gasteiger partial charge in [0.1, 0.15) is 5.82 Å². The minimum Gasteiger partial charge on any atom is -0.349 e. The highest BCUT2D eigenvalue weighted by molar-refractivity contribution is 6.30. The number of hydrogen-bond donors (Lipinski definition) is 2. The third-order valence-corrected chi connectivity index (χ3v) is 3.53. The van der Waals surface area contributed by atoms with Gasteiger partial charge < -0.3 is 5.32 Å². The predicted octanol–water partition coefficient (Wildman–Crippen LogP) is 2.31. The van der Waals surface area contributed by atoms with Crippen LogP contribution in [0.5, 0.6) is 0 Å². The Morgan fingerprint density at radius 2 is 2.10 bits per heavy atom. The molecule has 0 saturated heterocycles. The highest BCUT2D eigenvalue weighted by Crippen LogP contribution is 2.37. The molecule has 0 aliphatic heterocycles. The molecule has 1 aromatic heterocycles. The van der Waals surface area contributed by atoms with Gasteiger partial charge in [0, 0.05) is 17.5 Å². The number of aromatic amines is 1. The van der Waals surface area contributed by atoms with Crippen molar-refractivity contribution in [3.63, 3.8) is 0 Å². The second kappa shape index (κ2) is 5.63. The number of halogens is 1. The molecule has 20 heavy (non-hydrogen) atoms. The molecule has 3 rings (SSSR count). The number of carbonyl (C=O) groups excluding carboxylic acids is 1. The second-order valence-corrected chi connectivity index (χ2v) is 5.39. The Kier molecular flexibility index (Phi) is 3.69. The molecule has 1 amide bonds. The molecule has 1 aliphatic carbocycles. The lowest BCUT2D eigenvalue weighted by atomic mass is 10.1. The SMILES string of the molecule is O=C(NCCc1ccc(Cl)cc1)c1n[nH]c(C2CC2)n1. The molecule has 2 aromatic rings.